The third kappa shape index (κ3) is 2.50. The summed E-state index contributed by atoms with van der Waals surface area (Å²) in [6, 6.07) is 19.8. The van der Waals surface area contributed by atoms with Crippen LogP contribution in [0.15, 0.2) is 60.7 Å². The van der Waals surface area contributed by atoms with E-state index in [1.165, 1.54) is 0 Å². The standard InChI is InChI=1S/C14H11IO/c15-14(16)13(11-7-3-1-4-8-11)12-9-5-2-6-10-12/h1-10,13H. The Morgan fingerprint density at radius 1 is 0.812 bits per heavy atom. The highest BCUT2D eigenvalue weighted by atomic mass is 127. The molecule has 16 heavy (non-hydrogen) atoms. The summed E-state index contributed by atoms with van der Waals surface area (Å²) in [6.07, 6.45) is 0. The normalized spacial score (nSPS) is 10.4. The number of benzene rings is 2. The number of carbonyl (C=O) groups excluding carboxylic acids is 1. The van der Waals surface area contributed by atoms with Gasteiger partial charge in [-0.05, 0) is 11.1 Å². The predicted octanol–water partition coefficient (Wildman–Crippen LogP) is 3.78. The van der Waals surface area contributed by atoms with Crippen molar-refractivity contribution in [3.8, 4) is 0 Å². The molecule has 2 heteroatoms. The molecule has 0 unspecified atom stereocenters. The van der Waals surface area contributed by atoms with Crippen molar-refractivity contribution in [2.24, 2.45) is 0 Å². The van der Waals surface area contributed by atoms with E-state index in [0.717, 1.165) is 11.1 Å². The van der Waals surface area contributed by atoms with Gasteiger partial charge in [-0.15, -0.1) is 0 Å². The van der Waals surface area contributed by atoms with Gasteiger partial charge in [-0.2, -0.15) is 0 Å². The Morgan fingerprint density at radius 3 is 1.50 bits per heavy atom. The fourth-order valence-corrected chi connectivity index (χ4v) is 2.46. The highest BCUT2D eigenvalue weighted by Gasteiger charge is 2.19. The van der Waals surface area contributed by atoms with Crippen LogP contribution in [-0.2, 0) is 4.79 Å². The van der Waals surface area contributed by atoms with Crippen molar-refractivity contribution in [3.63, 3.8) is 0 Å². The maximum absolute atomic E-state index is 11.7. The summed E-state index contributed by atoms with van der Waals surface area (Å²) in [7, 11) is 0. The molecule has 0 bridgehead atoms. The Bertz CT molecular complexity index is 425. The fourth-order valence-electron chi connectivity index (χ4n) is 1.75. The van der Waals surface area contributed by atoms with Crippen molar-refractivity contribution in [2.75, 3.05) is 0 Å². The molecule has 0 aliphatic rings. The third-order valence-electron chi connectivity index (χ3n) is 2.49. The average molecular weight is 322 g/mol. The van der Waals surface area contributed by atoms with Crippen molar-refractivity contribution in [1.82, 2.24) is 0 Å². The molecule has 0 aliphatic carbocycles. The smallest absolute Gasteiger partial charge is 0.204 e. The zero-order chi connectivity index (χ0) is 11.4. The Labute approximate surface area is 109 Å². The van der Waals surface area contributed by atoms with E-state index < -0.39 is 0 Å². The molecule has 0 fully saturated rings. The van der Waals surface area contributed by atoms with E-state index in [1.807, 2.05) is 83.3 Å². The van der Waals surface area contributed by atoms with Crippen LogP contribution in [0.4, 0.5) is 0 Å². The minimum atomic E-state index is -0.150. The van der Waals surface area contributed by atoms with Gasteiger partial charge in [0, 0.05) is 22.6 Å². The van der Waals surface area contributed by atoms with E-state index in [9.17, 15) is 4.79 Å². The molecule has 0 saturated heterocycles. The van der Waals surface area contributed by atoms with Gasteiger partial charge in [0.2, 0.25) is 3.79 Å². The molecule has 0 atom stereocenters. The van der Waals surface area contributed by atoms with Gasteiger partial charge in [-0.1, -0.05) is 60.7 Å². The second kappa shape index (κ2) is 5.25. The number of rotatable bonds is 3. The van der Waals surface area contributed by atoms with Gasteiger partial charge in [0.1, 0.15) is 0 Å². The van der Waals surface area contributed by atoms with E-state index in [-0.39, 0.29) is 9.71 Å². The van der Waals surface area contributed by atoms with Crippen LogP contribution < -0.4 is 0 Å². The highest BCUT2D eigenvalue weighted by molar-refractivity contribution is 14.1. The Hall–Kier alpha value is -1.16. The molecular formula is C14H11IO. The topological polar surface area (TPSA) is 17.1 Å². The summed E-state index contributed by atoms with van der Waals surface area (Å²) in [5, 5.41) is 0. The molecular weight excluding hydrogens is 311 g/mol. The Kier molecular flexibility index (Phi) is 3.72. The lowest BCUT2D eigenvalue weighted by Gasteiger charge is -2.13. The van der Waals surface area contributed by atoms with Crippen molar-refractivity contribution < 1.29 is 4.79 Å². The second-order valence-electron chi connectivity index (χ2n) is 3.56. The minimum Gasteiger partial charge on any atom is -0.287 e. The zero-order valence-electron chi connectivity index (χ0n) is 8.64. The first-order valence-corrected chi connectivity index (χ1v) is 6.16. The largest absolute Gasteiger partial charge is 0.287 e. The lowest BCUT2D eigenvalue weighted by molar-refractivity contribution is -0.109. The van der Waals surface area contributed by atoms with Gasteiger partial charge >= 0.3 is 0 Å². The number of halogens is 1. The molecule has 2 aromatic carbocycles. The summed E-state index contributed by atoms with van der Waals surface area (Å²) in [5.41, 5.74) is 2.10. The van der Waals surface area contributed by atoms with Crippen LogP contribution in [0.25, 0.3) is 0 Å². The van der Waals surface area contributed by atoms with Gasteiger partial charge in [0.05, 0.1) is 5.92 Å². The van der Waals surface area contributed by atoms with Gasteiger partial charge in [-0.25, -0.2) is 0 Å². The number of carbonyl (C=O) groups is 1. The summed E-state index contributed by atoms with van der Waals surface area (Å²) >= 11 is 1.87. The van der Waals surface area contributed by atoms with Gasteiger partial charge in [-0.3, -0.25) is 4.79 Å². The molecule has 0 saturated carbocycles. The van der Waals surface area contributed by atoms with Crippen LogP contribution >= 0.6 is 22.6 Å². The Morgan fingerprint density at radius 2 is 1.19 bits per heavy atom. The van der Waals surface area contributed by atoms with Crippen LogP contribution in [0.2, 0.25) is 0 Å². The molecule has 0 amide bonds. The molecule has 0 aliphatic heterocycles. The zero-order valence-corrected chi connectivity index (χ0v) is 10.8. The molecule has 0 heterocycles. The van der Waals surface area contributed by atoms with Crippen molar-refractivity contribution in [3.05, 3.63) is 71.8 Å². The van der Waals surface area contributed by atoms with E-state index in [2.05, 4.69) is 0 Å². The quantitative estimate of drug-likeness (QED) is 0.621. The lowest BCUT2D eigenvalue weighted by atomic mass is 9.93. The Balaban J connectivity index is 2.44. The summed E-state index contributed by atoms with van der Waals surface area (Å²) in [6.45, 7) is 0. The number of hydrogen-bond acceptors (Lipinski definition) is 1. The first-order chi connectivity index (χ1) is 7.79. The molecule has 1 nitrogen and oxygen atoms in total. The average Bonchev–Trinajstić information content (AvgIpc) is 2.31. The van der Waals surface area contributed by atoms with Gasteiger partial charge in [0.25, 0.3) is 0 Å². The van der Waals surface area contributed by atoms with Crippen LogP contribution in [0.3, 0.4) is 0 Å². The van der Waals surface area contributed by atoms with Crippen LogP contribution in [0, 0.1) is 0 Å². The molecule has 0 N–H and O–H groups in total. The molecule has 0 radical (unpaired) electrons. The summed E-state index contributed by atoms with van der Waals surface area (Å²) in [5.74, 6) is -0.150. The summed E-state index contributed by atoms with van der Waals surface area (Å²) < 4.78 is 0.148. The first kappa shape index (κ1) is 11.3. The lowest BCUT2D eigenvalue weighted by Crippen LogP contribution is -2.07. The van der Waals surface area contributed by atoms with E-state index in [1.54, 1.807) is 0 Å². The van der Waals surface area contributed by atoms with E-state index in [0.29, 0.717) is 0 Å². The van der Waals surface area contributed by atoms with Gasteiger partial charge < -0.3 is 0 Å². The predicted molar refractivity (Wildman–Crippen MR) is 73.8 cm³/mol. The second-order valence-corrected chi connectivity index (χ2v) is 4.62. The SMILES string of the molecule is O=C(I)C(c1ccccc1)c1ccccc1. The monoisotopic (exact) mass is 322 g/mol. The van der Waals surface area contributed by atoms with E-state index >= 15 is 0 Å². The first-order valence-electron chi connectivity index (χ1n) is 5.08. The molecule has 0 aromatic heterocycles. The van der Waals surface area contributed by atoms with Crippen LogP contribution in [0.1, 0.15) is 17.0 Å². The van der Waals surface area contributed by atoms with Crippen LogP contribution in [-0.4, -0.2) is 3.79 Å². The summed E-state index contributed by atoms with van der Waals surface area (Å²) in [4.78, 5) is 11.7. The van der Waals surface area contributed by atoms with Crippen molar-refractivity contribution in [2.45, 2.75) is 5.92 Å². The number of hydrogen-bond donors (Lipinski definition) is 0. The van der Waals surface area contributed by atoms with Crippen molar-refractivity contribution >= 4 is 26.4 Å². The molecule has 2 aromatic rings. The van der Waals surface area contributed by atoms with Gasteiger partial charge in [0.15, 0.2) is 0 Å². The maximum atomic E-state index is 11.7. The minimum absolute atomic E-state index is 0.148. The highest BCUT2D eigenvalue weighted by Crippen LogP contribution is 2.27. The molecule has 0 spiro atoms. The molecule has 2 rings (SSSR count). The third-order valence-corrected chi connectivity index (χ3v) is 3.12. The maximum Gasteiger partial charge on any atom is 0.204 e. The van der Waals surface area contributed by atoms with Crippen LogP contribution in [0.5, 0.6) is 0 Å². The van der Waals surface area contributed by atoms with Crippen molar-refractivity contribution in [1.29, 1.82) is 0 Å². The van der Waals surface area contributed by atoms with E-state index in [4.69, 9.17) is 0 Å². The fraction of sp³-hybridized carbons (Fsp3) is 0.0714. The molecule has 80 valence electrons.